The Morgan fingerprint density at radius 3 is 2.38 bits per heavy atom. The van der Waals surface area contributed by atoms with Crippen LogP contribution in [0, 0.1) is 0 Å². The van der Waals surface area contributed by atoms with E-state index in [1.807, 2.05) is 6.07 Å². The highest BCUT2D eigenvalue weighted by Crippen LogP contribution is 2.42. The monoisotopic (exact) mass is 416 g/mol. The van der Waals surface area contributed by atoms with Crippen molar-refractivity contribution in [2.24, 2.45) is 0 Å². The molecular weight excluding hydrogens is 402 g/mol. The molecule has 0 bridgehead atoms. The first-order chi connectivity index (χ1) is 13.9. The Morgan fingerprint density at radius 2 is 1.59 bits per heavy atom. The third-order valence-electron chi connectivity index (χ3n) is 4.99. The molecule has 3 aliphatic rings. The summed E-state index contributed by atoms with van der Waals surface area (Å²) in [6.45, 7) is 1.53. The van der Waals surface area contributed by atoms with Gasteiger partial charge in [-0.05, 0) is 35.2 Å². The first-order valence-electron chi connectivity index (χ1n) is 8.72. The Labute approximate surface area is 165 Å². The molecule has 0 saturated carbocycles. The predicted molar refractivity (Wildman–Crippen MR) is 96.0 cm³/mol. The van der Waals surface area contributed by atoms with Crippen LogP contribution in [0.25, 0.3) is 22.0 Å². The summed E-state index contributed by atoms with van der Waals surface area (Å²) in [7, 11) is -5.17. The van der Waals surface area contributed by atoms with E-state index >= 15 is 0 Å². The van der Waals surface area contributed by atoms with Crippen LogP contribution in [0.3, 0.4) is 0 Å². The number of pyridine rings is 1. The molecule has 9 nitrogen and oxygen atoms in total. The third kappa shape index (κ3) is 3.31. The first kappa shape index (κ1) is 18.0. The van der Waals surface area contributed by atoms with Crippen LogP contribution in [-0.2, 0) is 23.4 Å². The number of aromatic nitrogens is 1. The maximum atomic E-state index is 8.52. The zero-order valence-corrected chi connectivity index (χ0v) is 15.7. The van der Waals surface area contributed by atoms with Crippen molar-refractivity contribution in [1.82, 2.24) is 0 Å². The van der Waals surface area contributed by atoms with Crippen LogP contribution in [0.5, 0.6) is 23.0 Å². The van der Waals surface area contributed by atoms with Crippen molar-refractivity contribution < 1.29 is 41.0 Å². The highest BCUT2D eigenvalue weighted by molar-refractivity contribution is 7.79. The maximum Gasteiger partial charge on any atom is 0.231 e. The van der Waals surface area contributed by atoms with Gasteiger partial charge in [-0.15, -0.1) is 0 Å². The van der Waals surface area contributed by atoms with Gasteiger partial charge < -0.3 is 28.1 Å². The molecule has 0 saturated heterocycles. The van der Waals surface area contributed by atoms with Crippen molar-refractivity contribution in [2.45, 2.75) is 13.0 Å². The standard InChI is InChI=1S/C19H14NO4.H2O4S/c1-2-16-19(24-10-21-16)14-8-20-4-3-12-6-17-18(23-9-22-17)7-13(12)15(20)5-11(1)14;1-5(2,3)4/h1-2,5-8H,3-4,9-10H2;(H2,1,2,3,4)/q+1;/p-2. The van der Waals surface area contributed by atoms with Gasteiger partial charge in [0, 0.05) is 22.9 Å². The van der Waals surface area contributed by atoms with E-state index in [2.05, 4.69) is 35.0 Å². The first-order valence-corrected chi connectivity index (χ1v) is 10.1. The second-order valence-corrected chi connectivity index (χ2v) is 7.49. The van der Waals surface area contributed by atoms with Crippen LogP contribution in [-0.4, -0.2) is 31.1 Å². The number of benzene rings is 2. The summed E-state index contributed by atoms with van der Waals surface area (Å²) in [6.07, 6.45) is 3.15. The molecule has 0 spiro atoms. The molecule has 0 radical (unpaired) electrons. The van der Waals surface area contributed by atoms with E-state index in [-0.39, 0.29) is 0 Å². The molecule has 1 aromatic heterocycles. The van der Waals surface area contributed by atoms with E-state index in [4.69, 9.17) is 36.5 Å². The number of aryl methyl sites for hydroxylation is 2. The van der Waals surface area contributed by atoms with Crippen molar-refractivity contribution in [1.29, 1.82) is 0 Å². The maximum absolute atomic E-state index is 8.52. The van der Waals surface area contributed by atoms with Crippen molar-refractivity contribution in [3.8, 4) is 34.3 Å². The second-order valence-electron chi connectivity index (χ2n) is 6.68. The zero-order valence-electron chi connectivity index (χ0n) is 14.9. The number of nitrogens with zero attached hydrogens (tertiary/aromatic N) is 1. The molecule has 10 heteroatoms. The summed E-state index contributed by atoms with van der Waals surface area (Å²) < 4.78 is 58.6. The third-order valence-corrected chi connectivity index (χ3v) is 4.99. The fourth-order valence-corrected chi connectivity index (χ4v) is 3.81. The average molecular weight is 416 g/mol. The summed E-state index contributed by atoms with van der Waals surface area (Å²) in [6, 6.07) is 10.5. The van der Waals surface area contributed by atoms with Crippen LogP contribution in [0.1, 0.15) is 5.56 Å². The number of ether oxygens (including phenoxy) is 4. The number of hydrogen-bond donors (Lipinski definition) is 0. The molecule has 0 N–H and O–H groups in total. The lowest BCUT2D eigenvalue weighted by Crippen LogP contribution is -2.40. The van der Waals surface area contributed by atoms with Crippen LogP contribution in [0.2, 0.25) is 0 Å². The van der Waals surface area contributed by atoms with Crippen molar-refractivity contribution in [2.75, 3.05) is 13.6 Å². The van der Waals surface area contributed by atoms with Crippen molar-refractivity contribution in [3.05, 3.63) is 42.1 Å². The topological polar surface area (TPSA) is 121 Å². The van der Waals surface area contributed by atoms with E-state index in [1.54, 1.807) is 0 Å². The molecule has 150 valence electrons. The van der Waals surface area contributed by atoms with Gasteiger partial charge in [-0.1, -0.05) is 0 Å². The van der Waals surface area contributed by atoms with E-state index in [0.717, 1.165) is 46.7 Å². The van der Waals surface area contributed by atoms with Gasteiger partial charge in [-0.25, -0.2) is 0 Å². The fourth-order valence-electron chi connectivity index (χ4n) is 3.81. The lowest BCUT2D eigenvalue weighted by molar-refractivity contribution is -0.686. The van der Waals surface area contributed by atoms with E-state index in [9.17, 15) is 0 Å². The molecule has 3 aliphatic heterocycles. The Balaban J connectivity index is 0.000000328. The average Bonchev–Trinajstić information content (AvgIpc) is 3.32. The van der Waals surface area contributed by atoms with Crippen LogP contribution in [0.15, 0.2) is 36.5 Å². The fraction of sp³-hybridized carbons (Fsp3) is 0.211. The second kappa shape index (κ2) is 6.48. The van der Waals surface area contributed by atoms with E-state index in [1.165, 1.54) is 16.8 Å². The molecule has 4 heterocycles. The molecule has 2 aromatic carbocycles. The number of fused-ring (bicyclic) bond motifs is 7. The molecule has 0 amide bonds. The smallest absolute Gasteiger partial charge is 0.231 e. The van der Waals surface area contributed by atoms with Gasteiger partial charge in [0.2, 0.25) is 19.3 Å². The van der Waals surface area contributed by atoms with E-state index in [0.29, 0.717) is 13.6 Å². The van der Waals surface area contributed by atoms with Crippen LogP contribution >= 0.6 is 0 Å². The summed E-state index contributed by atoms with van der Waals surface area (Å²) in [5, 5.41) is 2.24. The Morgan fingerprint density at radius 1 is 0.897 bits per heavy atom. The van der Waals surface area contributed by atoms with Gasteiger partial charge >= 0.3 is 0 Å². The molecule has 6 rings (SSSR count). The Hall–Kier alpha value is -3.08. The Bertz CT molecular complexity index is 1250. The van der Waals surface area contributed by atoms with Gasteiger partial charge in [-0.2, -0.15) is 4.57 Å². The summed E-state index contributed by atoms with van der Waals surface area (Å²) in [4.78, 5) is 0. The van der Waals surface area contributed by atoms with Gasteiger partial charge in [0.05, 0.1) is 10.9 Å². The minimum Gasteiger partial charge on any atom is -0.759 e. The van der Waals surface area contributed by atoms with Crippen LogP contribution in [0.4, 0.5) is 0 Å². The highest BCUT2D eigenvalue weighted by Gasteiger charge is 2.29. The summed E-state index contributed by atoms with van der Waals surface area (Å²) in [5.41, 5.74) is 3.71. The van der Waals surface area contributed by atoms with Gasteiger partial charge in [0.15, 0.2) is 35.7 Å². The largest absolute Gasteiger partial charge is 0.759 e. The normalized spacial score (nSPS) is 15.4. The minimum absolute atomic E-state index is 0.294. The van der Waals surface area contributed by atoms with E-state index < -0.39 is 10.4 Å². The molecule has 0 aliphatic carbocycles. The molecule has 3 aromatic rings. The minimum atomic E-state index is -5.17. The van der Waals surface area contributed by atoms with Crippen molar-refractivity contribution in [3.63, 3.8) is 0 Å². The van der Waals surface area contributed by atoms with Crippen molar-refractivity contribution >= 4 is 21.2 Å². The lowest BCUT2D eigenvalue weighted by Gasteiger charge is -2.16. The zero-order chi connectivity index (χ0) is 20.2. The predicted octanol–water partition coefficient (Wildman–Crippen LogP) is 1.47. The van der Waals surface area contributed by atoms with Gasteiger partial charge in [0.1, 0.15) is 0 Å². The summed E-state index contributed by atoms with van der Waals surface area (Å²) >= 11 is 0. The van der Waals surface area contributed by atoms with Gasteiger partial charge in [0.25, 0.3) is 0 Å². The quantitative estimate of drug-likeness (QED) is 0.307. The lowest BCUT2D eigenvalue weighted by atomic mass is 9.95. The molecule has 0 atom stereocenters. The SMILES string of the molecule is O=S(=O)([O-])[O-].c1c2c(cc3c1OCO3)-c1cc3ccc4c(c3c[n+]1CC2)OCO4. The molecule has 29 heavy (non-hydrogen) atoms. The number of hydrogen-bond acceptors (Lipinski definition) is 8. The summed E-state index contributed by atoms with van der Waals surface area (Å²) in [5.74, 6) is 3.35. The highest BCUT2D eigenvalue weighted by atomic mass is 32.3. The number of rotatable bonds is 0. The molecule has 0 fully saturated rings. The van der Waals surface area contributed by atoms with Crippen LogP contribution < -0.4 is 23.5 Å². The Kier molecular flexibility index (Phi) is 4.02. The van der Waals surface area contributed by atoms with Gasteiger partial charge in [-0.3, -0.25) is 8.42 Å². The molecule has 0 unspecified atom stereocenters. The molecular formula is C19H14NO8S-.